The molecule has 0 atom stereocenters. The number of pyridine rings is 1. The average Bonchev–Trinajstić information content (AvgIpc) is 2.77. The Balaban J connectivity index is 1.40. The molecule has 1 amide bonds. The number of benzene rings is 1. The molecular weight excluding hydrogens is 438 g/mol. The van der Waals surface area contributed by atoms with Gasteiger partial charge in [-0.1, -0.05) is 35.9 Å². The fourth-order valence-electron chi connectivity index (χ4n) is 3.04. The third kappa shape index (κ3) is 6.73. The lowest BCUT2D eigenvalue weighted by Gasteiger charge is -2.25. The summed E-state index contributed by atoms with van der Waals surface area (Å²) in [6.07, 6.45) is 4.27. The normalized spacial score (nSPS) is 15.1. The third-order valence-corrected chi connectivity index (χ3v) is 8.57. The number of piperidine rings is 1. The Hall–Kier alpha value is -1.55. The summed E-state index contributed by atoms with van der Waals surface area (Å²) < 4.78 is 26.8. The van der Waals surface area contributed by atoms with Crippen LogP contribution in [0.1, 0.15) is 24.8 Å². The molecule has 1 aromatic heterocycles. The van der Waals surface area contributed by atoms with Crippen LogP contribution in [0.2, 0.25) is 0 Å². The number of amides is 1. The van der Waals surface area contributed by atoms with Gasteiger partial charge in [0.05, 0.1) is 10.8 Å². The molecule has 0 saturated carbocycles. The van der Waals surface area contributed by atoms with Crippen molar-refractivity contribution in [2.75, 3.05) is 31.1 Å². The first-order chi connectivity index (χ1) is 14.4. The minimum absolute atomic E-state index is 0.0590. The SMILES string of the molecule is Cc1ccc(SCCNC(=O)CSc2ccc(S(=O)(=O)N3CCCCC3)cn2)cc1. The summed E-state index contributed by atoms with van der Waals surface area (Å²) in [4.78, 5) is 17.7. The molecule has 0 aliphatic carbocycles. The van der Waals surface area contributed by atoms with E-state index < -0.39 is 10.0 Å². The maximum Gasteiger partial charge on any atom is 0.244 e. The molecule has 0 unspecified atom stereocenters. The predicted octanol–water partition coefficient (Wildman–Crippen LogP) is 3.57. The molecular formula is C21H27N3O3S3. The topological polar surface area (TPSA) is 79.4 Å². The molecule has 162 valence electrons. The van der Waals surface area contributed by atoms with Crippen molar-refractivity contribution < 1.29 is 13.2 Å². The molecule has 0 spiro atoms. The molecule has 2 heterocycles. The van der Waals surface area contributed by atoms with Crippen molar-refractivity contribution in [2.45, 2.75) is 41.0 Å². The van der Waals surface area contributed by atoms with E-state index in [1.165, 1.54) is 32.7 Å². The number of nitrogens with zero attached hydrogens (tertiary/aromatic N) is 2. The van der Waals surface area contributed by atoms with Gasteiger partial charge < -0.3 is 5.32 Å². The highest BCUT2D eigenvalue weighted by molar-refractivity contribution is 8.00. The number of hydrogen-bond donors (Lipinski definition) is 1. The zero-order chi connectivity index (χ0) is 21.4. The lowest BCUT2D eigenvalue weighted by Crippen LogP contribution is -2.35. The van der Waals surface area contributed by atoms with Crippen molar-refractivity contribution >= 4 is 39.5 Å². The Morgan fingerprint density at radius 1 is 1.07 bits per heavy atom. The molecule has 1 aliphatic heterocycles. The van der Waals surface area contributed by atoms with Crippen LogP contribution in [0, 0.1) is 6.92 Å². The first-order valence-electron chi connectivity index (χ1n) is 10.0. The lowest BCUT2D eigenvalue weighted by molar-refractivity contribution is -0.118. The number of carbonyl (C=O) groups excluding carboxylic acids is 1. The number of carbonyl (C=O) groups is 1. The van der Waals surface area contributed by atoms with Crippen LogP contribution in [0.15, 0.2) is 57.4 Å². The van der Waals surface area contributed by atoms with Gasteiger partial charge in [0.2, 0.25) is 15.9 Å². The Bertz CT molecular complexity index is 926. The number of nitrogens with one attached hydrogen (secondary N) is 1. The van der Waals surface area contributed by atoms with E-state index in [-0.39, 0.29) is 16.6 Å². The highest BCUT2D eigenvalue weighted by Gasteiger charge is 2.26. The predicted molar refractivity (Wildman–Crippen MR) is 122 cm³/mol. The number of aryl methyl sites for hydroxylation is 1. The van der Waals surface area contributed by atoms with E-state index in [4.69, 9.17) is 0 Å². The molecule has 1 fully saturated rings. The number of aromatic nitrogens is 1. The van der Waals surface area contributed by atoms with Crippen LogP contribution < -0.4 is 5.32 Å². The Kier molecular flexibility index (Phi) is 8.61. The van der Waals surface area contributed by atoms with E-state index in [2.05, 4.69) is 41.5 Å². The molecule has 1 aliphatic rings. The van der Waals surface area contributed by atoms with E-state index in [0.29, 0.717) is 24.7 Å². The summed E-state index contributed by atoms with van der Waals surface area (Å²) in [5.74, 6) is 0.998. The van der Waals surface area contributed by atoms with Crippen molar-refractivity contribution in [2.24, 2.45) is 0 Å². The van der Waals surface area contributed by atoms with Crippen LogP contribution >= 0.6 is 23.5 Å². The van der Waals surface area contributed by atoms with E-state index in [1.54, 1.807) is 23.9 Å². The van der Waals surface area contributed by atoms with Crippen molar-refractivity contribution in [1.82, 2.24) is 14.6 Å². The third-order valence-electron chi connectivity index (χ3n) is 4.73. The second-order valence-electron chi connectivity index (χ2n) is 7.10. The molecule has 3 rings (SSSR count). The average molecular weight is 466 g/mol. The van der Waals surface area contributed by atoms with Gasteiger partial charge in [0.15, 0.2) is 0 Å². The van der Waals surface area contributed by atoms with Crippen LogP contribution in [-0.4, -0.2) is 54.8 Å². The highest BCUT2D eigenvalue weighted by atomic mass is 32.2. The molecule has 30 heavy (non-hydrogen) atoms. The van der Waals surface area contributed by atoms with Gasteiger partial charge in [-0.25, -0.2) is 13.4 Å². The van der Waals surface area contributed by atoms with E-state index in [9.17, 15) is 13.2 Å². The lowest BCUT2D eigenvalue weighted by atomic mass is 10.2. The molecule has 0 radical (unpaired) electrons. The minimum Gasteiger partial charge on any atom is -0.355 e. The fourth-order valence-corrected chi connectivity index (χ4v) is 5.95. The number of thioether (sulfide) groups is 2. The van der Waals surface area contributed by atoms with Gasteiger partial charge in [-0.3, -0.25) is 4.79 Å². The van der Waals surface area contributed by atoms with Gasteiger partial charge in [-0.15, -0.1) is 11.8 Å². The maximum absolute atomic E-state index is 12.6. The molecule has 0 bridgehead atoms. The summed E-state index contributed by atoms with van der Waals surface area (Å²) in [5.41, 5.74) is 1.23. The fraction of sp³-hybridized carbons (Fsp3) is 0.429. The van der Waals surface area contributed by atoms with Gasteiger partial charge in [0.25, 0.3) is 0 Å². The van der Waals surface area contributed by atoms with E-state index in [1.807, 2.05) is 0 Å². The van der Waals surface area contributed by atoms with Crippen LogP contribution in [0.3, 0.4) is 0 Å². The summed E-state index contributed by atoms with van der Waals surface area (Å²) in [7, 11) is -3.47. The quantitative estimate of drug-likeness (QED) is 0.451. The van der Waals surface area contributed by atoms with Gasteiger partial charge in [-0.2, -0.15) is 4.31 Å². The van der Waals surface area contributed by atoms with Crippen molar-refractivity contribution in [3.63, 3.8) is 0 Å². The smallest absolute Gasteiger partial charge is 0.244 e. The van der Waals surface area contributed by atoms with Crippen molar-refractivity contribution in [3.05, 3.63) is 48.2 Å². The molecule has 1 N–H and O–H groups in total. The second kappa shape index (κ2) is 11.2. The minimum atomic E-state index is -3.47. The van der Waals surface area contributed by atoms with Crippen LogP contribution in [-0.2, 0) is 14.8 Å². The van der Waals surface area contributed by atoms with Gasteiger partial charge in [0, 0.05) is 36.5 Å². The monoisotopic (exact) mass is 465 g/mol. The van der Waals surface area contributed by atoms with Crippen molar-refractivity contribution in [1.29, 1.82) is 0 Å². The van der Waals surface area contributed by atoms with E-state index in [0.717, 1.165) is 25.0 Å². The standard InChI is InChI=1S/C21H27N3O3S3/c1-17-5-7-18(8-6-17)28-14-11-22-20(25)16-29-21-10-9-19(15-23-21)30(26,27)24-12-3-2-4-13-24/h5-10,15H,2-4,11-14,16H2,1H3,(H,22,25). The molecule has 9 heteroatoms. The maximum atomic E-state index is 12.6. The van der Waals surface area contributed by atoms with Crippen molar-refractivity contribution in [3.8, 4) is 0 Å². The number of hydrogen-bond acceptors (Lipinski definition) is 6. The first kappa shape index (κ1) is 23.1. The second-order valence-corrected chi connectivity index (χ2v) is 11.2. The van der Waals surface area contributed by atoms with E-state index >= 15 is 0 Å². The van der Waals surface area contributed by atoms with Crippen LogP contribution in [0.4, 0.5) is 0 Å². The zero-order valence-corrected chi connectivity index (χ0v) is 19.5. The first-order valence-corrected chi connectivity index (χ1v) is 13.4. The summed E-state index contributed by atoms with van der Waals surface area (Å²) >= 11 is 3.01. The molecule has 2 aromatic rings. The van der Waals surface area contributed by atoms with Crippen LogP contribution in [0.25, 0.3) is 0 Å². The Morgan fingerprint density at radius 2 is 1.80 bits per heavy atom. The molecule has 6 nitrogen and oxygen atoms in total. The largest absolute Gasteiger partial charge is 0.355 e. The molecule has 1 aromatic carbocycles. The summed E-state index contributed by atoms with van der Waals surface area (Å²) in [5, 5.41) is 3.54. The summed E-state index contributed by atoms with van der Waals surface area (Å²) in [6, 6.07) is 11.6. The summed E-state index contributed by atoms with van der Waals surface area (Å²) in [6.45, 7) is 3.79. The van der Waals surface area contributed by atoms with Gasteiger partial charge in [0.1, 0.15) is 4.90 Å². The van der Waals surface area contributed by atoms with Crippen LogP contribution in [0.5, 0.6) is 0 Å². The Morgan fingerprint density at radius 3 is 2.47 bits per heavy atom. The number of sulfonamides is 1. The van der Waals surface area contributed by atoms with Gasteiger partial charge >= 0.3 is 0 Å². The Labute approximate surface area is 187 Å². The zero-order valence-electron chi connectivity index (χ0n) is 17.0. The van der Waals surface area contributed by atoms with Gasteiger partial charge in [-0.05, 0) is 44.0 Å². The highest BCUT2D eigenvalue weighted by Crippen LogP contribution is 2.22. The molecule has 1 saturated heterocycles. The number of rotatable bonds is 9.